The monoisotopic (exact) mass is 407 g/mol. The number of amides is 2. The van der Waals surface area contributed by atoms with Crippen molar-refractivity contribution >= 4 is 40.7 Å². The van der Waals surface area contributed by atoms with Crippen molar-refractivity contribution in [2.24, 2.45) is 0 Å². The van der Waals surface area contributed by atoms with Gasteiger partial charge in [-0.2, -0.15) is 0 Å². The van der Waals surface area contributed by atoms with E-state index in [0.29, 0.717) is 10.0 Å². The third-order valence-electron chi connectivity index (χ3n) is 4.20. The van der Waals surface area contributed by atoms with Crippen LogP contribution < -0.4 is 16.0 Å². The van der Waals surface area contributed by atoms with Crippen LogP contribution in [0.25, 0.3) is 0 Å². The Bertz CT molecular complexity index is 820. The highest BCUT2D eigenvalue weighted by atomic mass is 35.5. The van der Waals surface area contributed by atoms with Gasteiger partial charge in [-0.15, -0.1) is 0 Å². The molecule has 2 aromatic rings. The second-order valence-electron chi connectivity index (χ2n) is 6.37. The number of nitrogens with one attached hydrogen (secondary N) is 3. The topological polar surface area (TPSA) is 70.2 Å². The summed E-state index contributed by atoms with van der Waals surface area (Å²) in [5.41, 5.74) is 3.66. The first-order valence-corrected chi connectivity index (χ1v) is 9.34. The molecule has 0 aliphatic carbocycles. The van der Waals surface area contributed by atoms with Crippen LogP contribution in [0.2, 0.25) is 10.0 Å². The van der Waals surface area contributed by atoms with Gasteiger partial charge < -0.3 is 16.0 Å². The summed E-state index contributed by atoms with van der Waals surface area (Å²) in [5, 5.41) is 9.49. The summed E-state index contributed by atoms with van der Waals surface area (Å²) < 4.78 is 0. The van der Waals surface area contributed by atoms with Gasteiger partial charge in [0.05, 0.1) is 23.1 Å². The molecule has 0 radical (unpaired) electrons. The van der Waals surface area contributed by atoms with Gasteiger partial charge in [-0.1, -0.05) is 47.5 Å². The zero-order valence-corrected chi connectivity index (χ0v) is 17.0. The maximum absolute atomic E-state index is 12.1. The third kappa shape index (κ3) is 6.24. The first-order valence-electron chi connectivity index (χ1n) is 8.59. The summed E-state index contributed by atoms with van der Waals surface area (Å²) in [4.78, 5) is 24.1. The molecule has 0 fully saturated rings. The Hall–Kier alpha value is -2.08. The van der Waals surface area contributed by atoms with Crippen LogP contribution in [-0.4, -0.2) is 24.9 Å². The summed E-state index contributed by atoms with van der Waals surface area (Å²) in [6.45, 7) is 5.76. The molecule has 2 rings (SSSR count). The first kappa shape index (κ1) is 21.2. The van der Waals surface area contributed by atoms with E-state index in [9.17, 15) is 9.59 Å². The lowest BCUT2D eigenvalue weighted by molar-refractivity contribution is -0.123. The maximum atomic E-state index is 12.1. The third-order valence-corrected chi connectivity index (χ3v) is 4.94. The van der Waals surface area contributed by atoms with Crippen molar-refractivity contribution in [2.45, 2.75) is 26.8 Å². The van der Waals surface area contributed by atoms with Crippen LogP contribution in [0, 0.1) is 13.8 Å². The molecule has 0 spiro atoms. The fourth-order valence-corrected chi connectivity index (χ4v) is 2.89. The molecule has 144 valence electrons. The van der Waals surface area contributed by atoms with Gasteiger partial charge in [0, 0.05) is 11.7 Å². The molecule has 7 heteroatoms. The Morgan fingerprint density at radius 1 is 0.963 bits per heavy atom. The second-order valence-corrected chi connectivity index (χ2v) is 7.18. The van der Waals surface area contributed by atoms with Crippen LogP contribution in [0.15, 0.2) is 36.4 Å². The van der Waals surface area contributed by atoms with Crippen LogP contribution >= 0.6 is 23.2 Å². The van der Waals surface area contributed by atoms with Crippen molar-refractivity contribution in [3.05, 3.63) is 63.1 Å². The van der Waals surface area contributed by atoms with E-state index >= 15 is 0 Å². The quantitative estimate of drug-likeness (QED) is 0.648. The minimum Gasteiger partial charge on any atom is -0.346 e. The molecule has 0 aliphatic heterocycles. The number of anilines is 1. The smallest absolute Gasteiger partial charge is 0.243 e. The van der Waals surface area contributed by atoms with Gasteiger partial charge in [0.2, 0.25) is 11.8 Å². The molecular formula is C20H23Cl2N3O2. The number of aryl methyl sites for hydroxylation is 2. The van der Waals surface area contributed by atoms with Crippen LogP contribution in [-0.2, 0) is 9.59 Å². The molecule has 0 heterocycles. The zero-order chi connectivity index (χ0) is 20.0. The predicted molar refractivity (Wildman–Crippen MR) is 110 cm³/mol. The molecule has 0 bridgehead atoms. The number of benzene rings is 2. The van der Waals surface area contributed by atoms with Gasteiger partial charge in [-0.3, -0.25) is 9.59 Å². The average molecular weight is 408 g/mol. The van der Waals surface area contributed by atoms with E-state index in [1.807, 2.05) is 45.0 Å². The predicted octanol–water partition coefficient (Wildman–Crippen LogP) is 4.02. The number of carbonyl (C=O) groups excluding carboxylic acids is 2. The fraction of sp³-hybridized carbons (Fsp3) is 0.300. The van der Waals surface area contributed by atoms with E-state index in [4.69, 9.17) is 23.2 Å². The SMILES string of the molecule is Cc1cccc(C)c1NC(=O)CNC(=O)CNC(C)c1ccc(Cl)c(Cl)c1. The lowest BCUT2D eigenvalue weighted by Crippen LogP contribution is -2.39. The molecular weight excluding hydrogens is 385 g/mol. The second kappa shape index (κ2) is 9.74. The van der Waals surface area contributed by atoms with Crippen molar-refractivity contribution in [1.29, 1.82) is 0 Å². The summed E-state index contributed by atoms with van der Waals surface area (Å²) in [7, 11) is 0. The van der Waals surface area contributed by atoms with E-state index in [0.717, 1.165) is 22.4 Å². The molecule has 2 amide bonds. The molecule has 2 aromatic carbocycles. The van der Waals surface area contributed by atoms with E-state index in [2.05, 4.69) is 16.0 Å². The van der Waals surface area contributed by atoms with Gasteiger partial charge in [0.1, 0.15) is 0 Å². The molecule has 0 aromatic heterocycles. The van der Waals surface area contributed by atoms with Crippen LogP contribution in [0.5, 0.6) is 0 Å². The number of hydrogen-bond donors (Lipinski definition) is 3. The highest BCUT2D eigenvalue weighted by molar-refractivity contribution is 6.42. The molecule has 1 unspecified atom stereocenters. The van der Waals surface area contributed by atoms with Gasteiger partial charge in [-0.25, -0.2) is 0 Å². The van der Waals surface area contributed by atoms with Crippen LogP contribution in [0.4, 0.5) is 5.69 Å². The van der Waals surface area contributed by atoms with Crippen molar-refractivity contribution in [3.63, 3.8) is 0 Å². The van der Waals surface area contributed by atoms with E-state index < -0.39 is 0 Å². The van der Waals surface area contributed by atoms with E-state index in [1.54, 1.807) is 12.1 Å². The Labute approximate surface area is 169 Å². The fourth-order valence-electron chi connectivity index (χ4n) is 2.58. The number of carbonyl (C=O) groups is 2. The van der Waals surface area contributed by atoms with Crippen LogP contribution in [0.1, 0.15) is 29.7 Å². The highest BCUT2D eigenvalue weighted by Crippen LogP contribution is 2.25. The molecule has 1 atom stereocenters. The van der Waals surface area contributed by atoms with Crippen molar-refractivity contribution < 1.29 is 9.59 Å². The summed E-state index contributed by atoms with van der Waals surface area (Å²) in [6, 6.07) is 11.0. The maximum Gasteiger partial charge on any atom is 0.243 e. The normalized spacial score (nSPS) is 11.7. The van der Waals surface area contributed by atoms with Crippen molar-refractivity contribution in [3.8, 4) is 0 Å². The lowest BCUT2D eigenvalue weighted by atomic mass is 10.1. The number of hydrogen-bond acceptors (Lipinski definition) is 3. The Morgan fingerprint density at radius 3 is 2.26 bits per heavy atom. The summed E-state index contributed by atoms with van der Waals surface area (Å²) >= 11 is 11.9. The molecule has 0 aliphatic rings. The largest absolute Gasteiger partial charge is 0.346 e. The lowest BCUT2D eigenvalue weighted by Gasteiger charge is -2.15. The first-order chi connectivity index (χ1) is 12.8. The Kier molecular flexibility index (Phi) is 7.66. The van der Waals surface area contributed by atoms with E-state index in [-0.39, 0.29) is 30.9 Å². The van der Waals surface area contributed by atoms with Gasteiger partial charge >= 0.3 is 0 Å². The Balaban J connectivity index is 1.78. The van der Waals surface area contributed by atoms with Gasteiger partial charge in [0.15, 0.2) is 0 Å². The average Bonchev–Trinajstić information content (AvgIpc) is 2.63. The molecule has 5 nitrogen and oxygen atoms in total. The molecule has 0 saturated carbocycles. The standard InChI is InChI=1S/C20H23Cl2N3O2/c1-12-5-4-6-13(2)20(12)25-19(27)11-24-18(26)10-23-14(3)15-7-8-16(21)17(22)9-15/h4-9,14,23H,10-11H2,1-3H3,(H,24,26)(H,25,27). The van der Waals surface area contributed by atoms with Crippen LogP contribution in [0.3, 0.4) is 0 Å². The summed E-state index contributed by atoms with van der Waals surface area (Å²) in [5.74, 6) is -0.531. The van der Waals surface area contributed by atoms with E-state index in [1.165, 1.54) is 0 Å². The summed E-state index contributed by atoms with van der Waals surface area (Å²) in [6.07, 6.45) is 0. The van der Waals surface area contributed by atoms with Crippen molar-refractivity contribution in [1.82, 2.24) is 10.6 Å². The number of rotatable bonds is 7. The minimum atomic E-state index is -0.265. The minimum absolute atomic E-state index is 0.0814. The van der Waals surface area contributed by atoms with Gasteiger partial charge in [0.25, 0.3) is 0 Å². The molecule has 0 saturated heterocycles. The van der Waals surface area contributed by atoms with Gasteiger partial charge in [-0.05, 0) is 49.6 Å². The molecule has 3 N–H and O–H groups in total. The number of halogens is 2. The highest BCUT2D eigenvalue weighted by Gasteiger charge is 2.11. The zero-order valence-electron chi connectivity index (χ0n) is 15.5. The molecule has 27 heavy (non-hydrogen) atoms. The van der Waals surface area contributed by atoms with Crippen molar-refractivity contribution in [2.75, 3.05) is 18.4 Å². The Morgan fingerprint density at radius 2 is 1.63 bits per heavy atom. The number of para-hydroxylation sites is 1.